The van der Waals surface area contributed by atoms with E-state index in [0.717, 1.165) is 6.42 Å². The van der Waals surface area contributed by atoms with Crippen molar-refractivity contribution in [3.63, 3.8) is 0 Å². The van der Waals surface area contributed by atoms with E-state index in [0.29, 0.717) is 18.6 Å². The molecule has 1 aliphatic rings. The first-order valence-corrected chi connectivity index (χ1v) is 3.50. The lowest BCUT2D eigenvalue weighted by Gasteiger charge is -2.28. The summed E-state index contributed by atoms with van der Waals surface area (Å²) in [5, 5.41) is 9.17. The summed E-state index contributed by atoms with van der Waals surface area (Å²) < 4.78 is 5.21. The van der Waals surface area contributed by atoms with Gasteiger partial charge in [0.25, 0.3) is 0 Å². The zero-order chi connectivity index (χ0) is 6.85. The van der Waals surface area contributed by atoms with E-state index in [1.165, 1.54) is 0 Å². The summed E-state index contributed by atoms with van der Waals surface area (Å²) in [6, 6.07) is 0. The van der Waals surface area contributed by atoms with Crippen molar-refractivity contribution >= 4 is 0 Å². The van der Waals surface area contributed by atoms with Crippen LogP contribution in [0.1, 0.15) is 20.3 Å². The zero-order valence-corrected chi connectivity index (χ0v) is 6.00. The third-order valence-corrected chi connectivity index (χ3v) is 1.91. The van der Waals surface area contributed by atoms with Crippen LogP contribution < -0.4 is 0 Å². The van der Waals surface area contributed by atoms with E-state index in [4.69, 9.17) is 4.74 Å². The molecule has 2 nitrogen and oxygen atoms in total. The maximum absolute atomic E-state index is 9.17. The van der Waals surface area contributed by atoms with Gasteiger partial charge in [0.15, 0.2) is 0 Å². The molecule has 1 heterocycles. The predicted octanol–water partition coefficient (Wildman–Crippen LogP) is 0.792. The van der Waals surface area contributed by atoms with Crippen molar-refractivity contribution in [2.45, 2.75) is 32.5 Å². The molecular weight excluding hydrogens is 116 g/mol. The van der Waals surface area contributed by atoms with Crippen LogP contribution in [0.2, 0.25) is 0 Å². The summed E-state index contributed by atoms with van der Waals surface area (Å²) in [7, 11) is 0. The highest BCUT2D eigenvalue weighted by molar-refractivity contribution is 4.72. The summed E-state index contributed by atoms with van der Waals surface area (Å²) in [6.45, 7) is 4.62. The molecule has 3 atom stereocenters. The first-order chi connectivity index (χ1) is 4.20. The first kappa shape index (κ1) is 7.03. The summed E-state index contributed by atoms with van der Waals surface area (Å²) in [5.74, 6) is 0.411. The summed E-state index contributed by atoms with van der Waals surface area (Å²) in [6.07, 6.45) is 1.09. The maximum Gasteiger partial charge on any atom is 0.0800 e. The van der Waals surface area contributed by atoms with Gasteiger partial charge in [-0.25, -0.2) is 0 Å². The molecule has 0 aliphatic carbocycles. The highest BCUT2D eigenvalue weighted by atomic mass is 16.5. The van der Waals surface area contributed by atoms with E-state index >= 15 is 0 Å². The predicted molar refractivity (Wildman–Crippen MR) is 35.2 cm³/mol. The number of aliphatic hydroxyl groups excluding tert-OH is 1. The number of ether oxygens (including phenoxy) is 1. The Bertz CT molecular complexity index is 92.9. The molecule has 0 spiro atoms. The summed E-state index contributed by atoms with van der Waals surface area (Å²) >= 11 is 0. The van der Waals surface area contributed by atoms with Gasteiger partial charge in [0, 0.05) is 0 Å². The van der Waals surface area contributed by atoms with Crippen LogP contribution in [0.3, 0.4) is 0 Å². The molecule has 1 aliphatic heterocycles. The van der Waals surface area contributed by atoms with E-state index < -0.39 is 0 Å². The molecule has 0 radical (unpaired) electrons. The molecule has 0 aromatic rings. The Morgan fingerprint density at radius 3 is 2.56 bits per heavy atom. The largest absolute Gasteiger partial charge is 0.390 e. The second-order valence-electron chi connectivity index (χ2n) is 2.92. The van der Waals surface area contributed by atoms with Crippen molar-refractivity contribution in [1.82, 2.24) is 0 Å². The number of hydrogen-bond donors (Lipinski definition) is 1. The van der Waals surface area contributed by atoms with Crippen molar-refractivity contribution in [3.05, 3.63) is 0 Å². The molecule has 0 saturated carbocycles. The first-order valence-electron chi connectivity index (χ1n) is 3.50. The molecule has 9 heavy (non-hydrogen) atoms. The average molecular weight is 130 g/mol. The van der Waals surface area contributed by atoms with Crippen molar-refractivity contribution < 1.29 is 9.84 Å². The van der Waals surface area contributed by atoms with Crippen LogP contribution in [0.4, 0.5) is 0 Å². The minimum atomic E-state index is -0.235. The van der Waals surface area contributed by atoms with Crippen LogP contribution in [0.15, 0.2) is 0 Å². The molecule has 1 saturated heterocycles. The van der Waals surface area contributed by atoms with E-state index in [9.17, 15) is 5.11 Å². The Labute approximate surface area is 55.8 Å². The molecule has 0 aromatic heterocycles. The van der Waals surface area contributed by atoms with E-state index in [2.05, 4.69) is 6.92 Å². The molecule has 1 fully saturated rings. The Hall–Kier alpha value is -0.0800. The third-order valence-electron chi connectivity index (χ3n) is 1.91. The smallest absolute Gasteiger partial charge is 0.0800 e. The summed E-state index contributed by atoms with van der Waals surface area (Å²) in [5.41, 5.74) is 0. The lowest BCUT2D eigenvalue weighted by molar-refractivity contribution is -0.0762. The molecule has 0 amide bonds. The normalized spacial score (nSPS) is 45.0. The van der Waals surface area contributed by atoms with Crippen molar-refractivity contribution in [2.24, 2.45) is 5.92 Å². The Morgan fingerprint density at radius 1 is 1.44 bits per heavy atom. The van der Waals surface area contributed by atoms with E-state index in [1.54, 1.807) is 0 Å². The molecule has 0 bridgehead atoms. The van der Waals surface area contributed by atoms with Crippen LogP contribution >= 0.6 is 0 Å². The molecule has 0 aromatic carbocycles. The minimum Gasteiger partial charge on any atom is -0.390 e. The number of hydrogen-bond acceptors (Lipinski definition) is 2. The van der Waals surface area contributed by atoms with Gasteiger partial charge < -0.3 is 9.84 Å². The van der Waals surface area contributed by atoms with Crippen LogP contribution in [-0.2, 0) is 4.74 Å². The van der Waals surface area contributed by atoms with Gasteiger partial charge in [0.05, 0.1) is 18.8 Å². The van der Waals surface area contributed by atoms with Crippen LogP contribution in [0, 0.1) is 5.92 Å². The minimum absolute atomic E-state index is 0.235. The van der Waals surface area contributed by atoms with E-state index in [1.807, 2.05) is 6.92 Å². The molecule has 2 heteroatoms. The monoisotopic (exact) mass is 130 g/mol. The highest BCUT2D eigenvalue weighted by Gasteiger charge is 2.23. The van der Waals surface area contributed by atoms with Crippen LogP contribution in [0.5, 0.6) is 0 Å². The number of aliphatic hydroxyl groups is 1. The standard InChI is InChI=1S/C7H14O2/c1-5-3-6(2)9-4-7(5)8/h5-8H,3-4H2,1-2H3/t5-,6?,7+/m0/s1. The quantitative estimate of drug-likeness (QED) is 0.525. The lowest BCUT2D eigenvalue weighted by Crippen LogP contribution is -2.34. The fourth-order valence-electron chi connectivity index (χ4n) is 1.18. The molecule has 1 unspecified atom stereocenters. The van der Waals surface area contributed by atoms with Gasteiger partial charge in [-0.05, 0) is 19.3 Å². The molecule has 1 N–H and O–H groups in total. The van der Waals surface area contributed by atoms with Gasteiger partial charge in [-0.3, -0.25) is 0 Å². The lowest BCUT2D eigenvalue weighted by atomic mass is 9.96. The van der Waals surface area contributed by atoms with Crippen molar-refractivity contribution in [1.29, 1.82) is 0 Å². The van der Waals surface area contributed by atoms with Gasteiger partial charge in [0.1, 0.15) is 0 Å². The average Bonchev–Trinajstić information content (AvgIpc) is 1.80. The zero-order valence-electron chi connectivity index (χ0n) is 6.00. The van der Waals surface area contributed by atoms with Crippen molar-refractivity contribution in [2.75, 3.05) is 6.61 Å². The second kappa shape index (κ2) is 2.67. The maximum atomic E-state index is 9.17. The van der Waals surface area contributed by atoms with Crippen molar-refractivity contribution in [3.8, 4) is 0 Å². The Kier molecular flexibility index (Phi) is 2.09. The Balaban J connectivity index is 2.35. The Morgan fingerprint density at radius 2 is 2.11 bits per heavy atom. The van der Waals surface area contributed by atoms with Gasteiger partial charge in [-0.1, -0.05) is 6.92 Å². The molecule has 1 rings (SSSR count). The fraction of sp³-hybridized carbons (Fsp3) is 1.00. The van der Waals surface area contributed by atoms with E-state index in [-0.39, 0.29) is 6.10 Å². The third kappa shape index (κ3) is 1.66. The van der Waals surface area contributed by atoms with Gasteiger partial charge in [-0.2, -0.15) is 0 Å². The molecular formula is C7H14O2. The topological polar surface area (TPSA) is 29.5 Å². The van der Waals surface area contributed by atoms with Crippen LogP contribution in [0.25, 0.3) is 0 Å². The van der Waals surface area contributed by atoms with Crippen LogP contribution in [-0.4, -0.2) is 23.9 Å². The number of rotatable bonds is 0. The van der Waals surface area contributed by atoms with Gasteiger partial charge in [-0.15, -0.1) is 0 Å². The fourth-order valence-corrected chi connectivity index (χ4v) is 1.18. The summed E-state index contributed by atoms with van der Waals surface area (Å²) in [4.78, 5) is 0. The highest BCUT2D eigenvalue weighted by Crippen LogP contribution is 2.18. The molecule has 54 valence electrons. The van der Waals surface area contributed by atoms with Gasteiger partial charge >= 0.3 is 0 Å². The van der Waals surface area contributed by atoms with Gasteiger partial charge in [0.2, 0.25) is 0 Å². The second-order valence-corrected chi connectivity index (χ2v) is 2.92. The SMILES string of the molecule is CC1C[C@H](C)[C@H](O)CO1.